The highest BCUT2D eigenvalue weighted by atomic mass is 127. The summed E-state index contributed by atoms with van der Waals surface area (Å²) in [5, 5.41) is 3.55. The van der Waals surface area contributed by atoms with Gasteiger partial charge in [0.2, 0.25) is 5.91 Å². The summed E-state index contributed by atoms with van der Waals surface area (Å²) in [7, 11) is 0. The van der Waals surface area contributed by atoms with Crippen molar-refractivity contribution in [1.82, 2.24) is 0 Å². The second-order valence-corrected chi connectivity index (χ2v) is 5.60. The van der Waals surface area contributed by atoms with Gasteiger partial charge in [-0.2, -0.15) is 0 Å². The molecule has 0 saturated carbocycles. The zero-order chi connectivity index (χ0) is 12.4. The molecule has 0 bridgehead atoms. The molecule has 0 aliphatic heterocycles. The van der Waals surface area contributed by atoms with E-state index in [1.165, 1.54) is 0 Å². The molecule has 2 unspecified atom stereocenters. The minimum atomic E-state index is -0.128. The predicted molar refractivity (Wildman–Crippen MR) is 78.0 cm³/mol. The van der Waals surface area contributed by atoms with Crippen LogP contribution in [0, 0.1) is 9.49 Å². The van der Waals surface area contributed by atoms with Gasteiger partial charge < -0.3 is 11.1 Å². The Balaban J connectivity index is 2.06. The summed E-state index contributed by atoms with van der Waals surface area (Å²) < 4.78 is 0.926. The lowest BCUT2D eigenvalue weighted by molar-refractivity contribution is -0.118. The zero-order valence-corrected chi connectivity index (χ0v) is 11.9. The summed E-state index contributed by atoms with van der Waals surface area (Å²) in [5.41, 5.74) is 6.51. The summed E-state index contributed by atoms with van der Waals surface area (Å²) in [6.07, 6.45) is 4.41. The van der Waals surface area contributed by atoms with E-state index < -0.39 is 0 Å². The van der Waals surface area contributed by atoms with E-state index in [0.29, 0.717) is 11.4 Å². The molecule has 1 aliphatic carbocycles. The van der Waals surface area contributed by atoms with E-state index in [-0.39, 0.29) is 17.9 Å². The molecule has 2 rings (SSSR count). The van der Waals surface area contributed by atoms with Gasteiger partial charge in [0, 0.05) is 14.6 Å². The average molecular weight is 363 g/mol. The topological polar surface area (TPSA) is 55.1 Å². The van der Waals surface area contributed by atoms with Crippen LogP contribution in [0.5, 0.6) is 0 Å². The molecule has 0 fully saturated rings. The fraction of sp³-hybridized carbons (Fsp3) is 0.250. The van der Waals surface area contributed by atoms with Gasteiger partial charge in [0.15, 0.2) is 0 Å². The largest absolute Gasteiger partial charge is 0.325 e. The molecule has 0 saturated heterocycles. The molecule has 3 N–H and O–H groups in total. The van der Waals surface area contributed by atoms with E-state index in [9.17, 15) is 4.79 Å². The number of hydrogen-bond donors (Lipinski definition) is 2. The first-order valence-electron chi connectivity index (χ1n) is 5.26. The quantitative estimate of drug-likeness (QED) is 0.628. The Morgan fingerprint density at radius 3 is 2.82 bits per heavy atom. The fourth-order valence-electron chi connectivity index (χ4n) is 1.74. The number of benzene rings is 1. The van der Waals surface area contributed by atoms with Gasteiger partial charge in [-0.1, -0.05) is 23.8 Å². The first kappa shape index (κ1) is 12.9. The Labute approximate surface area is 119 Å². The number of halogens is 2. The maximum absolute atomic E-state index is 11.9. The van der Waals surface area contributed by atoms with Gasteiger partial charge in [-0.3, -0.25) is 4.79 Å². The third-order valence-electron chi connectivity index (χ3n) is 2.64. The van der Waals surface area contributed by atoms with E-state index in [0.717, 1.165) is 9.26 Å². The molecule has 0 heterocycles. The molecule has 1 aromatic carbocycles. The minimum absolute atomic E-state index is 0.00459. The summed E-state index contributed by atoms with van der Waals surface area (Å²) in [4.78, 5) is 11.9. The molecule has 1 amide bonds. The highest BCUT2D eigenvalue weighted by Crippen LogP contribution is 2.24. The third kappa shape index (κ3) is 3.20. The van der Waals surface area contributed by atoms with Crippen molar-refractivity contribution in [3.8, 4) is 0 Å². The van der Waals surface area contributed by atoms with Crippen molar-refractivity contribution in [3.05, 3.63) is 38.9 Å². The predicted octanol–water partition coefficient (Wildman–Crippen LogP) is 2.79. The van der Waals surface area contributed by atoms with Crippen LogP contribution in [0.3, 0.4) is 0 Å². The Bertz CT molecular complexity index is 476. The number of nitrogens with two attached hydrogens (primary N) is 1. The van der Waals surface area contributed by atoms with Gasteiger partial charge in [-0.05, 0) is 47.2 Å². The number of rotatable bonds is 2. The zero-order valence-electron chi connectivity index (χ0n) is 8.99. The molecule has 1 aromatic rings. The number of hydrogen-bond acceptors (Lipinski definition) is 2. The van der Waals surface area contributed by atoms with Crippen LogP contribution >= 0.6 is 34.2 Å². The van der Waals surface area contributed by atoms with Crippen molar-refractivity contribution in [2.75, 3.05) is 5.32 Å². The van der Waals surface area contributed by atoms with E-state index in [1.807, 2.05) is 18.2 Å². The maximum atomic E-state index is 11.9. The van der Waals surface area contributed by atoms with Crippen LogP contribution in [-0.4, -0.2) is 11.9 Å². The SMILES string of the molecule is NC1C=CC(C(=O)Nc2ccc(Cl)cc2I)C1. The van der Waals surface area contributed by atoms with Crippen LogP contribution in [0.4, 0.5) is 5.69 Å². The number of nitrogens with one attached hydrogen (secondary N) is 1. The fourth-order valence-corrected chi connectivity index (χ4v) is 2.74. The van der Waals surface area contributed by atoms with Gasteiger partial charge >= 0.3 is 0 Å². The lowest BCUT2D eigenvalue weighted by Crippen LogP contribution is -2.24. The van der Waals surface area contributed by atoms with E-state index in [4.69, 9.17) is 17.3 Å². The standard InChI is InChI=1S/C12H12ClIN2O/c13-8-2-4-11(10(14)6-8)16-12(17)7-1-3-9(15)5-7/h1-4,6-7,9H,5,15H2,(H,16,17). The van der Waals surface area contributed by atoms with Gasteiger partial charge in [-0.25, -0.2) is 0 Å². The second kappa shape index (κ2) is 5.37. The number of carbonyl (C=O) groups excluding carboxylic acids is 1. The average Bonchev–Trinajstić information content (AvgIpc) is 2.69. The number of amides is 1. The summed E-state index contributed by atoms with van der Waals surface area (Å²) in [6.45, 7) is 0. The molecule has 0 radical (unpaired) electrons. The molecular formula is C12H12ClIN2O. The number of anilines is 1. The molecule has 1 aliphatic rings. The van der Waals surface area contributed by atoms with Crippen molar-refractivity contribution in [2.24, 2.45) is 11.7 Å². The van der Waals surface area contributed by atoms with Crippen molar-refractivity contribution in [1.29, 1.82) is 0 Å². The van der Waals surface area contributed by atoms with E-state index >= 15 is 0 Å². The Morgan fingerprint density at radius 2 is 2.24 bits per heavy atom. The third-order valence-corrected chi connectivity index (χ3v) is 3.77. The Morgan fingerprint density at radius 1 is 1.47 bits per heavy atom. The summed E-state index contributed by atoms with van der Waals surface area (Å²) in [6, 6.07) is 5.37. The molecule has 17 heavy (non-hydrogen) atoms. The normalized spacial score (nSPS) is 22.8. The van der Waals surface area contributed by atoms with E-state index in [2.05, 4.69) is 27.9 Å². The lowest BCUT2D eigenvalue weighted by Gasteiger charge is -2.11. The first-order valence-corrected chi connectivity index (χ1v) is 6.72. The van der Waals surface area contributed by atoms with Crippen LogP contribution in [0.2, 0.25) is 5.02 Å². The van der Waals surface area contributed by atoms with Gasteiger partial charge in [0.05, 0.1) is 11.6 Å². The molecule has 3 nitrogen and oxygen atoms in total. The van der Waals surface area contributed by atoms with Gasteiger partial charge in [0.25, 0.3) is 0 Å². The van der Waals surface area contributed by atoms with Crippen LogP contribution in [-0.2, 0) is 4.79 Å². The van der Waals surface area contributed by atoms with Crippen molar-refractivity contribution in [2.45, 2.75) is 12.5 Å². The molecule has 0 spiro atoms. The smallest absolute Gasteiger partial charge is 0.231 e. The van der Waals surface area contributed by atoms with Crippen molar-refractivity contribution >= 4 is 45.8 Å². The molecule has 5 heteroatoms. The minimum Gasteiger partial charge on any atom is -0.325 e. The first-order chi connectivity index (χ1) is 8.06. The molecule has 0 aromatic heterocycles. The highest BCUT2D eigenvalue weighted by molar-refractivity contribution is 14.1. The summed E-state index contributed by atoms with van der Waals surface area (Å²) in [5.74, 6) is -0.147. The van der Waals surface area contributed by atoms with Crippen molar-refractivity contribution < 1.29 is 4.79 Å². The second-order valence-electron chi connectivity index (χ2n) is 4.00. The maximum Gasteiger partial charge on any atom is 0.231 e. The monoisotopic (exact) mass is 362 g/mol. The number of carbonyl (C=O) groups is 1. The van der Waals surface area contributed by atoms with E-state index in [1.54, 1.807) is 12.1 Å². The van der Waals surface area contributed by atoms with Crippen LogP contribution in [0.15, 0.2) is 30.4 Å². The van der Waals surface area contributed by atoms with Gasteiger partial charge in [-0.15, -0.1) is 0 Å². The lowest BCUT2D eigenvalue weighted by atomic mass is 10.1. The van der Waals surface area contributed by atoms with Crippen molar-refractivity contribution in [3.63, 3.8) is 0 Å². The van der Waals surface area contributed by atoms with Crippen LogP contribution < -0.4 is 11.1 Å². The molecule has 90 valence electrons. The van der Waals surface area contributed by atoms with Crippen LogP contribution in [0.25, 0.3) is 0 Å². The molecular weight excluding hydrogens is 351 g/mol. The summed E-state index contributed by atoms with van der Waals surface area (Å²) >= 11 is 8.00. The van der Waals surface area contributed by atoms with Crippen LogP contribution in [0.1, 0.15) is 6.42 Å². The van der Waals surface area contributed by atoms with Gasteiger partial charge in [0.1, 0.15) is 0 Å². The highest BCUT2D eigenvalue weighted by Gasteiger charge is 2.23. The molecule has 2 atom stereocenters. The Hall–Kier alpha value is -0.590. The Kier molecular flexibility index (Phi) is 4.06.